The number of carbonyl (C=O) groups is 1. The number of halogens is 2. The number of hydrogen-bond donors (Lipinski definition) is 0. The molecular formula is C22H27Cl2N3OS. The minimum absolute atomic E-state index is 0. The van der Waals surface area contributed by atoms with E-state index in [9.17, 15) is 4.79 Å². The maximum atomic E-state index is 13.3. The second-order valence-electron chi connectivity index (χ2n) is 7.51. The molecule has 29 heavy (non-hydrogen) atoms. The van der Waals surface area contributed by atoms with Gasteiger partial charge in [-0.25, -0.2) is 4.98 Å². The van der Waals surface area contributed by atoms with E-state index in [-0.39, 0.29) is 18.3 Å². The van der Waals surface area contributed by atoms with Gasteiger partial charge in [-0.1, -0.05) is 40.6 Å². The van der Waals surface area contributed by atoms with E-state index in [2.05, 4.69) is 37.8 Å². The normalized spacial score (nSPS) is 11.0. The molecular weight excluding hydrogens is 425 g/mol. The van der Waals surface area contributed by atoms with Crippen molar-refractivity contribution < 1.29 is 4.79 Å². The summed E-state index contributed by atoms with van der Waals surface area (Å²) in [4.78, 5) is 21.9. The van der Waals surface area contributed by atoms with Crippen LogP contribution in [-0.2, 0) is 11.2 Å². The summed E-state index contributed by atoms with van der Waals surface area (Å²) in [5.74, 6) is 0.0713. The molecule has 3 aromatic rings. The maximum Gasteiger partial charge on any atom is 0.233 e. The van der Waals surface area contributed by atoms with Crippen LogP contribution in [0.3, 0.4) is 0 Å². The van der Waals surface area contributed by atoms with Crippen LogP contribution in [0.1, 0.15) is 22.3 Å². The number of hydrogen-bond acceptors (Lipinski definition) is 4. The lowest BCUT2D eigenvalue weighted by Crippen LogP contribution is -2.37. The molecule has 0 unspecified atom stereocenters. The quantitative estimate of drug-likeness (QED) is 0.500. The fourth-order valence-corrected chi connectivity index (χ4v) is 4.65. The standard InChI is InChI=1S/C22H26ClN3OS.ClH/c1-14-10-15(2)18(16(3)11-14)13-21(27)26(9-8-25(4)5)22-24-19-7-6-17(23)12-20(19)28-22;/h6-7,10-12H,8-9,13H2,1-5H3;1H. The Morgan fingerprint density at radius 3 is 2.34 bits per heavy atom. The Kier molecular flexibility index (Phi) is 8.06. The highest BCUT2D eigenvalue weighted by Gasteiger charge is 2.21. The molecule has 2 aromatic carbocycles. The number of benzene rings is 2. The zero-order valence-electron chi connectivity index (χ0n) is 17.5. The van der Waals surface area contributed by atoms with E-state index in [0.29, 0.717) is 18.0 Å². The molecule has 4 nitrogen and oxygen atoms in total. The van der Waals surface area contributed by atoms with Gasteiger partial charge >= 0.3 is 0 Å². The van der Waals surface area contributed by atoms with E-state index in [1.54, 1.807) is 0 Å². The third-order valence-electron chi connectivity index (χ3n) is 4.81. The molecule has 1 heterocycles. The summed E-state index contributed by atoms with van der Waals surface area (Å²) >= 11 is 7.63. The average Bonchev–Trinajstić information content (AvgIpc) is 3.00. The van der Waals surface area contributed by atoms with Crippen LogP contribution < -0.4 is 4.90 Å². The number of fused-ring (bicyclic) bond motifs is 1. The Morgan fingerprint density at radius 1 is 1.07 bits per heavy atom. The van der Waals surface area contributed by atoms with E-state index >= 15 is 0 Å². The molecule has 0 aliphatic heterocycles. The Balaban J connectivity index is 0.00000300. The van der Waals surface area contributed by atoms with Crippen LogP contribution in [0.4, 0.5) is 5.13 Å². The topological polar surface area (TPSA) is 36.4 Å². The molecule has 0 N–H and O–H groups in total. The van der Waals surface area contributed by atoms with Gasteiger partial charge in [0.15, 0.2) is 5.13 Å². The number of rotatable bonds is 6. The van der Waals surface area contributed by atoms with Gasteiger partial charge in [0.25, 0.3) is 0 Å². The molecule has 0 aliphatic carbocycles. The monoisotopic (exact) mass is 451 g/mol. The number of nitrogens with zero attached hydrogens (tertiary/aromatic N) is 3. The molecule has 0 radical (unpaired) electrons. The predicted molar refractivity (Wildman–Crippen MR) is 127 cm³/mol. The van der Waals surface area contributed by atoms with E-state index in [4.69, 9.17) is 16.6 Å². The Morgan fingerprint density at radius 2 is 1.72 bits per heavy atom. The first kappa shape index (κ1) is 23.6. The van der Waals surface area contributed by atoms with E-state index in [0.717, 1.165) is 38.6 Å². The van der Waals surface area contributed by atoms with Gasteiger partial charge in [-0.15, -0.1) is 12.4 Å². The fraction of sp³-hybridized carbons (Fsp3) is 0.364. The summed E-state index contributed by atoms with van der Waals surface area (Å²) in [5, 5.41) is 1.41. The molecule has 1 aromatic heterocycles. The molecule has 0 aliphatic rings. The Bertz CT molecular complexity index is 993. The molecule has 1 amide bonds. The van der Waals surface area contributed by atoms with Crippen molar-refractivity contribution in [1.82, 2.24) is 9.88 Å². The van der Waals surface area contributed by atoms with Crippen LogP contribution in [0.5, 0.6) is 0 Å². The second-order valence-corrected chi connectivity index (χ2v) is 8.96. The zero-order valence-corrected chi connectivity index (χ0v) is 19.8. The first-order valence-corrected chi connectivity index (χ1v) is 10.5. The highest BCUT2D eigenvalue weighted by Crippen LogP contribution is 2.31. The number of aromatic nitrogens is 1. The third-order valence-corrected chi connectivity index (χ3v) is 6.09. The lowest BCUT2D eigenvalue weighted by Gasteiger charge is -2.23. The van der Waals surface area contributed by atoms with Gasteiger partial charge in [0.1, 0.15) is 0 Å². The number of likely N-dealkylation sites (N-methyl/N-ethyl adjacent to an activating group) is 1. The number of anilines is 1. The van der Waals surface area contributed by atoms with E-state index < -0.39 is 0 Å². The van der Waals surface area contributed by atoms with Gasteiger partial charge < -0.3 is 4.90 Å². The molecule has 0 bridgehead atoms. The van der Waals surface area contributed by atoms with Crippen LogP contribution in [0.25, 0.3) is 10.2 Å². The largest absolute Gasteiger partial charge is 0.308 e. The Hall–Kier alpha value is -1.66. The number of aryl methyl sites for hydroxylation is 3. The average molecular weight is 452 g/mol. The van der Waals surface area contributed by atoms with Gasteiger partial charge in [-0.05, 0) is 69.8 Å². The van der Waals surface area contributed by atoms with Crippen molar-refractivity contribution in [3.63, 3.8) is 0 Å². The number of amides is 1. The molecule has 0 saturated heterocycles. The zero-order chi connectivity index (χ0) is 20.4. The van der Waals surface area contributed by atoms with Gasteiger partial charge in [-0.2, -0.15) is 0 Å². The summed E-state index contributed by atoms with van der Waals surface area (Å²) in [6.45, 7) is 7.61. The molecule has 3 rings (SSSR count). The van der Waals surface area contributed by atoms with Crippen LogP contribution in [-0.4, -0.2) is 43.0 Å². The van der Waals surface area contributed by atoms with Crippen LogP contribution >= 0.6 is 35.3 Å². The summed E-state index contributed by atoms with van der Waals surface area (Å²) in [6, 6.07) is 9.92. The molecule has 0 spiro atoms. The molecule has 156 valence electrons. The van der Waals surface area contributed by atoms with Crippen LogP contribution in [0, 0.1) is 20.8 Å². The predicted octanol–water partition coefficient (Wildman–Crippen LogP) is 5.43. The molecule has 0 fully saturated rings. The maximum absolute atomic E-state index is 13.3. The Labute approximate surface area is 187 Å². The molecule has 7 heteroatoms. The first-order valence-electron chi connectivity index (χ1n) is 9.32. The van der Waals surface area contributed by atoms with Gasteiger partial charge in [0.05, 0.1) is 16.6 Å². The fourth-order valence-electron chi connectivity index (χ4n) is 3.36. The number of thiazole rings is 1. The molecule has 0 saturated carbocycles. The number of carbonyl (C=O) groups excluding carboxylic acids is 1. The van der Waals surface area contributed by atoms with Crippen molar-refractivity contribution in [3.8, 4) is 0 Å². The summed E-state index contributed by atoms with van der Waals surface area (Å²) in [7, 11) is 4.02. The minimum Gasteiger partial charge on any atom is -0.308 e. The lowest BCUT2D eigenvalue weighted by molar-refractivity contribution is -0.118. The van der Waals surface area contributed by atoms with Crippen molar-refractivity contribution in [2.75, 3.05) is 32.1 Å². The highest BCUT2D eigenvalue weighted by atomic mass is 35.5. The van der Waals surface area contributed by atoms with Crippen molar-refractivity contribution in [1.29, 1.82) is 0 Å². The van der Waals surface area contributed by atoms with Crippen molar-refractivity contribution >= 4 is 56.6 Å². The highest BCUT2D eigenvalue weighted by molar-refractivity contribution is 7.22. The van der Waals surface area contributed by atoms with Crippen molar-refractivity contribution in [3.05, 3.63) is 57.6 Å². The van der Waals surface area contributed by atoms with Crippen molar-refractivity contribution in [2.45, 2.75) is 27.2 Å². The first-order chi connectivity index (χ1) is 13.2. The second kappa shape index (κ2) is 9.90. The summed E-state index contributed by atoms with van der Waals surface area (Å²) in [6.07, 6.45) is 0.377. The van der Waals surface area contributed by atoms with Crippen molar-refractivity contribution in [2.24, 2.45) is 0 Å². The summed E-state index contributed by atoms with van der Waals surface area (Å²) < 4.78 is 0.993. The smallest absolute Gasteiger partial charge is 0.233 e. The SMILES string of the molecule is Cc1cc(C)c(CC(=O)N(CCN(C)C)c2nc3ccc(Cl)cc3s2)c(C)c1.Cl. The molecule has 0 atom stereocenters. The van der Waals surface area contributed by atoms with Gasteiger partial charge in [-0.3, -0.25) is 9.69 Å². The van der Waals surface area contributed by atoms with Crippen LogP contribution in [0.15, 0.2) is 30.3 Å². The van der Waals surface area contributed by atoms with Crippen LogP contribution in [0.2, 0.25) is 5.02 Å². The van der Waals surface area contributed by atoms with E-state index in [1.807, 2.05) is 37.2 Å². The van der Waals surface area contributed by atoms with E-state index in [1.165, 1.54) is 16.9 Å². The van der Waals surface area contributed by atoms with Gasteiger partial charge in [0.2, 0.25) is 5.91 Å². The lowest BCUT2D eigenvalue weighted by atomic mass is 9.97. The van der Waals surface area contributed by atoms with Gasteiger partial charge in [0, 0.05) is 18.1 Å². The summed E-state index contributed by atoms with van der Waals surface area (Å²) in [5.41, 5.74) is 5.52. The minimum atomic E-state index is 0. The third kappa shape index (κ3) is 5.70.